The number of rotatable bonds is 1. The maximum absolute atomic E-state index is 12.8. The number of ether oxygens (including phenoxy) is 1. The Balaban J connectivity index is 2.01. The monoisotopic (exact) mass is 262 g/mol. The lowest BCUT2D eigenvalue weighted by molar-refractivity contribution is -0.190. The van der Waals surface area contributed by atoms with Crippen LogP contribution in [0, 0.1) is 10.8 Å². The summed E-state index contributed by atoms with van der Waals surface area (Å²) in [6, 6.07) is 3.49. The topological polar surface area (TPSA) is 56.5 Å². The van der Waals surface area contributed by atoms with Gasteiger partial charge in [0.15, 0.2) is 11.9 Å². The predicted molar refractivity (Wildman–Crippen MR) is 67.2 cm³/mol. The fraction of sp³-hybridized carbons (Fsp3) is 0.600. The number of cyclic esters (lactones) is 1. The van der Waals surface area contributed by atoms with Gasteiger partial charge in [-0.05, 0) is 38.8 Å². The van der Waals surface area contributed by atoms with Gasteiger partial charge in [-0.25, -0.2) is 0 Å². The Morgan fingerprint density at radius 2 is 1.89 bits per heavy atom. The highest BCUT2D eigenvalue weighted by atomic mass is 16.6. The Kier molecular flexibility index (Phi) is 2.59. The Labute approximate surface area is 112 Å². The van der Waals surface area contributed by atoms with Gasteiger partial charge in [0, 0.05) is 0 Å². The third kappa shape index (κ3) is 1.58. The third-order valence-electron chi connectivity index (χ3n) is 4.55. The van der Waals surface area contributed by atoms with Crippen molar-refractivity contribution >= 4 is 11.8 Å². The van der Waals surface area contributed by atoms with Crippen LogP contribution in [0.15, 0.2) is 22.8 Å². The molecule has 4 heteroatoms. The Hall–Kier alpha value is -1.58. The van der Waals surface area contributed by atoms with Gasteiger partial charge in [-0.15, -0.1) is 0 Å². The molecular weight excluding hydrogens is 244 g/mol. The molecule has 2 aliphatic rings. The highest BCUT2D eigenvalue weighted by Crippen LogP contribution is 2.53. The molecule has 1 aliphatic heterocycles. The van der Waals surface area contributed by atoms with Gasteiger partial charge in [0.25, 0.3) is 0 Å². The smallest absolute Gasteiger partial charge is 0.320 e. The predicted octanol–water partition coefficient (Wildman–Crippen LogP) is 3.03. The van der Waals surface area contributed by atoms with Crippen LogP contribution in [0.2, 0.25) is 0 Å². The van der Waals surface area contributed by atoms with Gasteiger partial charge in [-0.3, -0.25) is 9.59 Å². The van der Waals surface area contributed by atoms with E-state index >= 15 is 0 Å². The summed E-state index contributed by atoms with van der Waals surface area (Å²) in [5.74, 6) is 0.186. The van der Waals surface area contributed by atoms with Crippen molar-refractivity contribution < 1.29 is 18.7 Å². The minimum Gasteiger partial charge on any atom is -0.465 e. The van der Waals surface area contributed by atoms with E-state index < -0.39 is 16.9 Å². The van der Waals surface area contributed by atoms with Crippen molar-refractivity contribution in [2.24, 2.45) is 10.8 Å². The molecule has 1 atom stereocenters. The molecule has 1 saturated carbocycles. The van der Waals surface area contributed by atoms with E-state index in [9.17, 15) is 9.59 Å². The molecule has 1 unspecified atom stereocenters. The molecule has 1 aromatic heterocycles. The van der Waals surface area contributed by atoms with Crippen molar-refractivity contribution in [2.75, 3.05) is 0 Å². The summed E-state index contributed by atoms with van der Waals surface area (Å²) < 4.78 is 10.9. The number of ketones is 1. The molecule has 2 fully saturated rings. The zero-order valence-electron chi connectivity index (χ0n) is 11.3. The number of furan rings is 1. The first-order valence-electron chi connectivity index (χ1n) is 6.78. The van der Waals surface area contributed by atoms with Crippen molar-refractivity contribution in [2.45, 2.75) is 45.6 Å². The normalized spacial score (nSPS) is 28.6. The lowest BCUT2D eigenvalue weighted by atomic mass is 9.65. The van der Waals surface area contributed by atoms with E-state index in [1.165, 1.54) is 6.26 Å². The zero-order valence-corrected chi connectivity index (χ0v) is 11.3. The summed E-state index contributed by atoms with van der Waals surface area (Å²) in [5, 5.41) is 0. The number of carbonyl (C=O) groups is 2. The second-order valence-electron chi connectivity index (χ2n) is 6.14. The Morgan fingerprint density at radius 1 is 1.21 bits per heavy atom. The maximum atomic E-state index is 12.8. The number of carbonyl (C=O) groups excluding carboxylic acids is 2. The van der Waals surface area contributed by atoms with Crippen molar-refractivity contribution in [1.29, 1.82) is 0 Å². The fourth-order valence-corrected chi connectivity index (χ4v) is 3.46. The van der Waals surface area contributed by atoms with Gasteiger partial charge in [-0.1, -0.05) is 12.8 Å². The SMILES string of the molecule is CC1(C)C(=O)C2(CCCC2)C(=O)OC1c1ccco1. The zero-order chi connectivity index (χ0) is 13.7. The van der Waals surface area contributed by atoms with Crippen LogP contribution in [0.4, 0.5) is 0 Å². The van der Waals surface area contributed by atoms with E-state index in [2.05, 4.69) is 0 Å². The molecule has 1 spiro atoms. The summed E-state index contributed by atoms with van der Waals surface area (Å²) in [7, 11) is 0. The number of hydrogen-bond acceptors (Lipinski definition) is 4. The fourth-order valence-electron chi connectivity index (χ4n) is 3.46. The van der Waals surface area contributed by atoms with E-state index in [0.29, 0.717) is 18.6 Å². The van der Waals surface area contributed by atoms with Gasteiger partial charge in [0.1, 0.15) is 11.2 Å². The van der Waals surface area contributed by atoms with E-state index in [0.717, 1.165) is 12.8 Å². The van der Waals surface area contributed by atoms with Crippen LogP contribution in [0.5, 0.6) is 0 Å². The molecule has 4 nitrogen and oxygen atoms in total. The largest absolute Gasteiger partial charge is 0.465 e. The molecule has 2 heterocycles. The molecule has 0 aromatic carbocycles. The molecule has 0 N–H and O–H groups in total. The van der Waals surface area contributed by atoms with Crippen LogP contribution in [0.3, 0.4) is 0 Å². The summed E-state index contributed by atoms with van der Waals surface area (Å²) in [6.07, 6.45) is 4.00. The average molecular weight is 262 g/mol. The van der Waals surface area contributed by atoms with Crippen LogP contribution in [0.1, 0.15) is 51.4 Å². The Morgan fingerprint density at radius 3 is 2.47 bits per heavy atom. The van der Waals surface area contributed by atoms with Crippen LogP contribution in [-0.4, -0.2) is 11.8 Å². The van der Waals surface area contributed by atoms with Crippen molar-refractivity contribution in [1.82, 2.24) is 0 Å². The first-order chi connectivity index (χ1) is 8.98. The highest BCUT2D eigenvalue weighted by Gasteiger charge is 2.61. The van der Waals surface area contributed by atoms with Crippen LogP contribution >= 0.6 is 0 Å². The molecule has 102 valence electrons. The summed E-state index contributed by atoms with van der Waals surface area (Å²) >= 11 is 0. The van der Waals surface area contributed by atoms with Gasteiger partial charge in [0.05, 0.1) is 11.7 Å². The van der Waals surface area contributed by atoms with E-state index in [1.54, 1.807) is 12.1 Å². The van der Waals surface area contributed by atoms with Gasteiger partial charge in [0.2, 0.25) is 0 Å². The number of esters is 1. The van der Waals surface area contributed by atoms with Crippen LogP contribution in [0.25, 0.3) is 0 Å². The second-order valence-corrected chi connectivity index (χ2v) is 6.14. The minimum absolute atomic E-state index is 0.00940. The van der Waals surface area contributed by atoms with Gasteiger partial charge in [-0.2, -0.15) is 0 Å². The number of Topliss-reactive ketones (excluding diaryl/α,β-unsaturated/α-hetero) is 1. The molecule has 19 heavy (non-hydrogen) atoms. The van der Waals surface area contributed by atoms with Crippen molar-refractivity contribution in [3.63, 3.8) is 0 Å². The lowest BCUT2D eigenvalue weighted by Gasteiger charge is -2.43. The van der Waals surface area contributed by atoms with E-state index in [1.807, 2.05) is 13.8 Å². The molecule has 0 bridgehead atoms. The van der Waals surface area contributed by atoms with Gasteiger partial charge >= 0.3 is 5.97 Å². The second kappa shape index (κ2) is 3.95. The third-order valence-corrected chi connectivity index (χ3v) is 4.55. The number of hydrogen-bond donors (Lipinski definition) is 0. The molecule has 3 rings (SSSR count). The molecule has 1 aliphatic carbocycles. The van der Waals surface area contributed by atoms with Crippen molar-refractivity contribution in [3.8, 4) is 0 Å². The van der Waals surface area contributed by atoms with Gasteiger partial charge < -0.3 is 9.15 Å². The minimum atomic E-state index is -0.896. The first kappa shape index (κ1) is 12.5. The molecule has 0 radical (unpaired) electrons. The molecular formula is C15H18O4. The first-order valence-corrected chi connectivity index (χ1v) is 6.78. The summed E-state index contributed by atoms with van der Waals surface area (Å²) in [4.78, 5) is 25.2. The summed E-state index contributed by atoms with van der Waals surface area (Å²) in [5.41, 5.74) is -1.64. The van der Waals surface area contributed by atoms with E-state index in [4.69, 9.17) is 9.15 Å². The average Bonchev–Trinajstić information content (AvgIpc) is 3.04. The maximum Gasteiger partial charge on any atom is 0.320 e. The lowest BCUT2D eigenvalue weighted by Crippen LogP contribution is -2.53. The Bertz CT molecular complexity index is 506. The molecule has 1 aromatic rings. The van der Waals surface area contributed by atoms with Crippen LogP contribution < -0.4 is 0 Å². The van der Waals surface area contributed by atoms with Crippen LogP contribution in [-0.2, 0) is 14.3 Å². The highest BCUT2D eigenvalue weighted by molar-refractivity contribution is 6.08. The summed E-state index contributed by atoms with van der Waals surface area (Å²) in [6.45, 7) is 3.68. The molecule has 1 saturated heterocycles. The van der Waals surface area contributed by atoms with Crippen molar-refractivity contribution in [3.05, 3.63) is 24.2 Å². The molecule has 0 amide bonds. The standard InChI is InChI=1S/C15H18O4/c1-14(2)11(10-6-5-9-18-10)19-13(17)15(12(14)16)7-3-4-8-15/h5-6,9,11H,3-4,7-8H2,1-2H3. The quantitative estimate of drug-likeness (QED) is 0.576. The van der Waals surface area contributed by atoms with E-state index in [-0.39, 0.29) is 11.8 Å².